The van der Waals surface area contributed by atoms with Crippen molar-refractivity contribution in [1.82, 2.24) is 9.55 Å². The molecule has 0 fully saturated rings. The molecule has 0 saturated heterocycles. The molecule has 102 valence electrons. The highest BCUT2D eigenvalue weighted by Crippen LogP contribution is 2.25. The van der Waals surface area contributed by atoms with Gasteiger partial charge in [-0.1, -0.05) is 6.92 Å². The Labute approximate surface area is 117 Å². The fourth-order valence-corrected chi connectivity index (χ4v) is 3.05. The SMILES string of the molecule is CCCn1ccnc1Cc1c(C)csc1C(=O)OC. The van der Waals surface area contributed by atoms with Crippen molar-refractivity contribution in [2.45, 2.75) is 33.2 Å². The van der Waals surface area contributed by atoms with Crippen LogP contribution in [0.2, 0.25) is 0 Å². The van der Waals surface area contributed by atoms with Gasteiger partial charge in [0.25, 0.3) is 0 Å². The van der Waals surface area contributed by atoms with E-state index in [9.17, 15) is 4.79 Å². The summed E-state index contributed by atoms with van der Waals surface area (Å²) in [5.41, 5.74) is 2.15. The Kier molecular flexibility index (Phi) is 4.37. The number of rotatable bonds is 5. The maximum absolute atomic E-state index is 11.7. The lowest BCUT2D eigenvalue weighted by Gasteiger charge is -2.07. The van der Waals surface area contributed by atoms with Crippen LogP contribution < -0.4 is 0 Å². The molecule has 0 unspecified atom stereocenters. The van der Waals surface area contributed by atoms with Crippen LogP contribution >= 0.6 is 11.3 Å². The zero-order valence-corrected chi connectivity index (χ0v) is 12.3. The highest BCUT2D eigenvalue weighted by Gasteiger charge is 2.18. The van der Waals surface area contributed by atoms with Gasteiger partial charge in [-0.25, -0.2) is 9.78 Å². The Morgan fingerprint density at radius 2 is 2.32 bits per heavy atom. The molecule has 2 rings (SSSR count). The molecule has 0 atom stereocenters. The summed E-state index contributed by atoms with van der Waals surface area (Å²) in [5, 5.41) is 1.99. The number of thiophene rings is 1. The molecule has 2 heterocycles. The van der Waals surface area contributed by atoms with Gasteiger partial charge in [0.2, 0.25) is 0 Å². The second-order valence-corrected chi connectivity index (χ2v) is 5.31. The van der Waals surface area contributed by atoms with Gasteiger partial charge < -0.3 is 9.30 Å². The Morgan fingerprint density at radius 1 is 1.53 bits per heavy atom. The molecule has 0 aliphatic heterocycles. The minimum absolute atomic E-state index is 0.262. The number of aryl methyl sites for hydroxylation is 2. The molecular weight excluding hydrogens is 260 g/mol. The maximum atomic E-state index is 11.7. The van der Waals surface area contributed by atoms with E-state index in [1.165, 1.54) is 18.4 Å². The molecule has 0 aliphatic carbocycles. The number of carbonyl (C=O) groups is 1. The van der Waals surface area contributed by atoms with E-state index in [1.807, 2.05) is 24.7 Å². The van der Waals surface area contributed by atoms with E-state index in [-0.39, 0.29) is 5.97 Å². The van der Waals surface area contributed by atoms with Crippen molar-refractivity contribution in [2.75, 3.05) is 7.11 Å². The van der Waals surface area contributed by atoms with Gasteiger partial charge in [-0.05, 0) is 29.9 Å². The Bertz CT molecular complexity index is 572. The summed E-state index contributed by atoms with van der Waals surface area (Å²) < 4.78 is 6.97. The summed E-state index contributed by atoms with van der Waals surface area (Å²) in [6.07, 6.45) is 5.53. The van der Waals surface area contributed by atoms with Crippen LogP contribution in [0.25, 0.3) is 0 Å². The summed E-state index contributed by atoms with van der Waals surface area (Å²) in [7, 11) is 1.42. The molecule has 0 spiro atoms. The third-order valence-electron chi connectivity index (χ3n) is 3.08. The first-order valence-corrected chi connectivity index (χ1v) is 7.20. The van der Waals surface area contributed by atoms with Crippen molar-refractivity contribution in [2.24, 2.45) is 0 Å². The van der Waals surface area contributed by atoms with E-state index >= 15 is 0 Å². The molecule has 2 aromatic heterocycles. The van der Waals surface area contributed by atoms with Crippen LogP contribution in [-0.2, 0) is 17.7 Å². The number of hydrogen-bond donors (Lipinski definition) is 0. The average Bonchev–Trinajstić information content (AvgIpc) is 2.98. The summed E-state index contributed by atoms with van der Waals surface area (Å²) in [5.74, 6) is 0.732. The van der Waals surface area contributed by atoms with Crippen LogP contribution in [0.1, 0.15) is 40.0 Å². The summed E-state index contributed by atoms with van der Waals surface area (Å²) in [6, 6.07) is 0. The number of imidazole rings is 1. The number of nitrogens with zero attached hydrogens (tertiary/aromatic N) is 2. The summed E-state index contributed by atoms with van der Waals surface area (Å²) >= 11 is 1.44. The number of esters is 1. The van der Waals surface area contributed by atoms with E-state index in [1.54, 1.807) is 0 Å². The minimum Gasteiger partial charge on any atom is -0.465 e. The standard InChI is InChI=1S/C14H18N2O2S/c1-4-6-16-7-5-15-12(16)8-11-10(2)9-19-13(11)14(17)18-3/h5,7,9H,4,6,8H2,1-3H3. The molecule has 0 aromatic carbocycles. The van der Waals surface area contributed by atoms with Crippen molar-refractivity contribution in [3.05, 3.63) is 39.6 Å². The van der Waals surface area contributed by atoms with Crippen LogP contribution in [0.3, 0.4) is 0 Å². The first kappa shape index (κ1) is 13.8. The first-order valence-electron chi connectivity index (χ1n) is 6.32. The second kappa shape index (κ2) is 6.02. The number of carbonyl (C=O) groups excluding carboxylic acids is 1. The second-order valence-electron chi connectivity index (χ2n) is 4.43. The summed E-state index contributed by atoms with van der Waals surface area (Å²) in [6.45, 7) is 5.11. The predicted octanol–water partition coefficient (Wildman–Crippen LogP) is 3.04. The van der Waals surface area contributed by atoms with Crippen LogP contribution in [-0.4, -0.2) is 22.6 Å². The van der Waals surface area contributed by atoms with E-state index in [0.717, 1.165) is 29.9 Å². The van der Waals surface area contributed by atoms with E-state index in [4.69, 9.17) is 4.74 Å². The van der Waals surface area contributed by atoms with Gasteiger partial charge in [0, 0.05) is 25.4 Å². The smallest absolute Gasteiger partial charge is 0.348 e. The Balaban J connectivity index is 2.30. The lowest BCUT2D eigenvalue weighted by molar-refractivity contribution is 0.0605. The molecular formula is C14H18N2O2S. The molecule has 0 amide bonds. The zero-order valence-electron chi connectivity index (χ0n) is 11.5. The van der Waals surface area contributed by atoms with E-state index in [2.05, 4.69) is 16.5 Å². The molecule has 5 heteroatoms. The van der Waals surface area contributed by atoms with Crippen molar-refractivity contribution in [1.29, 1.82) is 0 Å². The van der Waals surface area contributed by atoms with Gasteiger partial charge in [-0.15, -0.1) is 11.3 Å². The molecule has 0 bridgehead atoms. The highest BCUT2D eigenvalue weighted by atomic mass is 32.1. The topological polar surface area (TPSA) is 44.1 Å². The van der Waals surface area contributed by atoms with Gasteiger partial charge in [-0.3, -0.25) is 0 Å². The fourth-order valence-electron chi connectivity index (χ4n) is 2.06. The fraction of sp³-hybridized carbons (Fsp3) is 0.429. The third kappa shape index (κ3) is 2.87. The number of hydrogen-bond acceptors (Lipinski definition) is 4. The van der Waals surface area contributed by atoms with Crippen molar-refractivity contribution in [3.8, 4) is 0 Å². The van der Waals surface area contributed by atoms with E-state index in [0.29, 0.717) is 11.3 Å². The lowest BCUT2D eigenvalue weighted by Crippen LogP contribution is -2.07. The molecule has 4 nitrogen and oxygen atoms in total. The first-order chi connectivity index (χ1) is 9.17. The van der Waals surface area contributed by atoms with Crippen LogP contribution in [0.4, 0.5) is 0 Å². The Hall–Kier alpha value is -1.62. The average molecular weight is 278 g/mol. The van der Waals surface area contributed by atoms with Gasteiger partial charge in [0.1, 0.15) is 10.7 Å². The van der Waals surface area contributed by atoms with Crippen LogP contribution in [0.5, 0.6) is 0 Å². The Morgan fingerprint density at radius 3 is 3.00 bits per heavy atom. The van der Waals surface area contributed by atoms with E-state index < -0.39 is 0 Å². The molecule has 0 aliphatic rings. The highest BCUT2D eigenvalue weighted by molar-refractivity contribution is 7.12. The number of ether oxygens (including phenoxy) is 1. The summed E-state index contributed by atoms with van der Waals surface area (Å²) in [4.78, 5) is 16.8. The van der Waals surface area contributed by atoms with Gasteiger partial charge >= 0.3 is 5.97 Å². The molecule has 2 aromatic rings. The third-order valence-corrected chi connectivity index (χ3v) is 4.20. The minimum atomic E-state index is -0.262. The van der Waals surface area contributed by atoms with Gasteiger partial charge in [0.05, 0.1) is 7.11 Å². The molecule has 0 saturated carbocycles. The molecule has 19 heavy (non-hydrogen) atoms. The van der Waals surface area contributed by atoms with Gasteiger partial charge in [0.15, 0.2) is 0 Å². The monoisotopic (exact) mass is 278 g/mol. The van der Waals surface area contributed by atoms with Crippen molar-refractivity contribution >= 4 is 17.3 Å². The largest absolute Gasteiger partial charge is 0.465 e. The number of aromatic nitrogens is 2. The molecule has 0 radical (unpaired) electrons. The van der Waals surface area contributed by atoms with Crippen LogP contribution in [0, 0.1) is 6.92 Å². The quantitative estimate of drug-likeness (QED) is 0.790. The lowest BCUT2D eigenvalue weighted by atomic mass is 10.1. The van der Waals surface area contributed by atoms with Gasteiger partial charge in [-0.2, -0.15) is 0 Å². The van der Waals surface area contributed by atoms with Crippen molar-refractivity contribution in [3.63, 3.8) is 0 Å². The molecule has 0 N–H and O–H groups in total. The normalized spacial score (nSPS) is 10.7. The number of methoxy groups -OCH3 is 1. The zero-order chi connectivity index (χ0) is 13.8. The van der Waals surface area contributed by atoms with Crippen LogP contribution in [0.15, 0.2) is 17.8 Å². The predicted molar refractivity (Wildman–Crippen MR) is 75.7 cm³/mol. The van der Waals surface area contributed by atoms with Crippen molar-refractivity contribution < 1.29 is 9.53 Å². The maximum Gasteiger partial charge on any atom is 0.348 e.